The predicted octanol–water partition coefficient (Wildman–Crippen LogP) is 4.92. The summed E-state index contributed by atoms with van der Waals surface area (Å²) in [6.07, 6.45) is -0.357. The van der Waals surface area contributed by atoms with Gasteiger partial charge in [0, 0.05) is 43.4 Å². The van der Waals surface area contributed by atoms with Gasteiger partial charge in [0.15, 0.2) is 0 Å². The molecule has 1 aliphatic heterocycles. The van der Waals surface area contributed by atoms with Gasteiger partial charge in [-0.15, -0.1) is 0 Å². The first-order valence-corrected chi connectivity index (χ1v) is 9.55. The van der Waals surface area contributed by atoms with Gasteiger partial charge in [-0.05, 0) is 34.6 Å². The monoisotopic (exact) mass is 411 g/mol. The first-order valence-electron chi connectivity index (χ1n) is 9.17. The van der Waals surface area contributed by atoms with E-state index in [0.717, 1.165) is 6.07 Å². The summed E-state index contributed by atoms with van der Waals surface area (Å²) in [7, 11) is 0. The highest BCUT2D eigenvalue weighted by Crippen LogP contribution is 2.35. The Morgan fingerprint density at radius 3 is 2.57 bits per heavy atom. The Morgan fingerprint density at radius 1 is 1.29 bits per heavy atom. The molecule has 1 unspecified atom stereocenters. The van der Waals surface area contributed by atoms with E-state index in [-0.39, 0.29) is 28.1 Å². The van der Waals surface area contributed by atoms with Crippen LogP contribution >= 0.6 is 11.6 Å². The van der Waals surface area contributed by atoms with Crippen LogP contribution in [0.2, 0.25) is 5.02 Å². The molecule has 1 aromatic carbocycles. The molecule has 1 fully saturated rings. The highest BCUT2D eigenvalue weighted by molar-refractivity contribution is 6.36. The van der Waals surface area contributed by atoms with Crippen molar-refractivity contribution < 1.29 is 18.3 Å². The number of amides is 1. The molecule has 0 saturated carbocycles. The van der Waals surface area contributed by atoms with E-state index in [1.165, 1.54) is 6.07 Å². The number of benzene rings is 1. The Morgan fingerprint density at radius 2 is 1.96 bits per heavy atom. The van der Waals surface area contributed by atoms with E-state index < -0.39 is 17.2 Å². The quantitative estimate of drug-likeness (QED) is 0.668. The van der Waals surface area contributed by atoms with E-state index in [4.69, 9.17) is 16.3 Å². The minimum Gasteiger partial charge on any atom is -0.444 e. The molecule has 1 aliphatic rings. The second-order valence-corrected chi connectivity index (χ2v) is 8.50. The van der Waals surface area contributed by atoms with E-state index in [9.17, 15) is 13.6 Å². The lowest BCUT2D eigenvalue weighted by Gasteiger charge is -2.41. The number of piperazine rings is 1. The SMILES string of the molecule is Cc1c(N2CCN(C(=O)OC(C)(C)C)CC2C)nc2cc(F)cc(F)c2c1Cl. The molecular formula is C20H24ClF2N3O2. The number of aromatic nitrogens is 1. The van der Waals surface area contributed by atoms with Gasteiger partial charge < -0.3 is 14.5 Å². The molecule has 3 rings (SSSR count). The Balaban J connectivity index is 1.90. The largest absolute Gasteiger partial charge is 0.444 e. The van der Waals surface area contributed by atoms with Gasteiger partial charge in [-0.3, -0.25) is 0 Å². The molecule has 2 heterocycles. The molecule has 0 N–H and O–H groups in total. The molecular weight excluding hydrogens is 388 g/mol. The summed E-state index contributed by atoms with van der Waals surface area (Å²) in [4.78, 5) is 20.5. The molecule has 1 atom stereocenters. The Kier molecular flexibility index (Phi) is 5.40. The lowest BCUT2D eigenvalue weighted by atomic mass is 10.1. The van der Waals surface area contributed by atoms with Crippen molar-refractivity contribution in [3.05, 3.63) is 34.4 Å². The van der Waals surface area contributed by atoms with Crippen LogP contribution in [0, 0.1) is 18.6 Å². The van der Waals surface area contributed by atoms with Crippen LogP contribution < -0.4 is 4.90 Å². The number of halogens is 3. The molecule has 2 aromatic rings. The number of nitrogens with zero attached hydrogens (tertiary/aromatic N) is 3. The van der Waals surface area contributed by atoms with Gasteiger partial charge in [0.2, 0.25) is 0 Å². The summed E-state index contributed by atoms with van der Waals surface area (Å²) < 4.78 is 33.3. The Hall–Kier alpha value is -2.15. The molecule has 0 spiro atoms. The van der Waals surface area contributed by atoms with E-state index in [2.05, 4.69) is 4.98 Å². The van der Waals surface area contributed by atoms with E-state index >= 15 is 0 Å². The summed E-state index contributed by atoms with van der Waals surface area (Å²) in [6.45, 7) is 10.6. The number of hydrogen-bond acceptors (Lipinski definition) is 4. The van der Waals surface area contributed by atoms with Crippen molar-refractivity contribution in [1.29, 1.82) is 0 Å². The van der Waals surface area contributed by atoms with Crippen LogP contribution in [0.25, 0.3) is 10.9 Å². The van der Waals surface area contributed by atoms with E-state index in [1.54, 1.807) is 11.8 Å². The fourth-order valence-electron chi connectivity index (χ4n) is 3.39. The zero-order chi connectivity index (χ0) is 20.8. The summed E-state index contributed by atoms with van der Waals surface area (Å²) in [5, 5.41) is 0.337. The average molecular weight is 412 g/mol. The average Bonchev–Trinajstić information content (AvgIpc) is 2.56. The second kappa shape index (κ2) is 7.35. The van der Waals surface area contributed by atoms with Crippen LogP contribution in [0.3, 0.4) is 0 Å². The number of ether oxygens (including phenoxy) is 1. The predicted molar refractivity (Wildman–Crippen MR) is 106 cm³/mol. The van der Waals surface area contributed by atoms with Crippen molar-refractivity contribution in [1.82, 2.24) is 9.88 Å². The number of pyridine rings is 1. The second-order valence-electron chi connectivity index (χ2n) is 8.12. The van der Waals surface area contributed by atoms with Gasteiger partial charge in [-0.2, -0.15) is 0 Å². The van der Waals surface area contributed by atoms with Crippen molar-refractivity contribution in [2.75, 3.05) is 24.5 Å². The van der Waals surface area contributed by atoms with Crippen LogP contribution in [-0.2, 0) is 4.74 Å². The number of hydrogen-bond donors (Lipinski definition) is 0. The summed E-state index contributed by atoms with van der Waals surface area (Å²) >= 11 is 6.39. The van der Waals surface area contributed by atoms with Crippen molar-refractivity contribution in [2.45, 2.75) is 46.3 Å². The van der Waals surface area contributed by atoms with Crippen molar-refractivity contribution in [3.8, 4) is 0 Å². The standard InChI is InChI=1S/C20H24ClF2N3O2/c1-11-10-25(19(27)28-20(3,4)5)6-7-26(11)18-12(2)17(21)16-14(23)8-13(22)9-15(16)24-18/h8-9,11H,6-7,10H2,1-5H3. The maximum absolute atomic E-state index is 14.2. The summed E-state index contributed by atoms with van der Waals surface area (Å²) in [5.41, 5.74) is 0.234. The lowest BCUT2D eigenvalue weighted by Crippen LogP contribution is -2.55. The summed E-state index contributed by atoms with van der Waals surface area (Å²) in [6, 6.07) is 1.91. The van der Waals surface area contributed by atoms with E-state index in [1.807, 2.05) is 32.6 Å². The zero-order valence-corrected chi connectivity index (χ0v) is 17.4. The number of rotatable bonds is 1. The highest BCUT2D eigenvalue weighted by Gasteiger charge is 2.31. The smallest absolute Gasteiger partial charge is 0.410 e. The molecule has 0 aliphatic carbocycles. The third kappa shape index (κ3) is 3.99. The fraction of sp³-hybridized carbons (Fsp3) is 0.500. The van der Waals surface area contributed by atoms with E-state index in [0.29, 0.717) is 31.0 Å². The van der Waals surface area contributed by atoms with Crippen LogP contribution in [0.4, 0.5) is 19.4 Å². The van der Waals surface area contributed by atoms with Crippen molar-refractivity contribution >= 4 is 34.4 Å². The maximum atomic E-state index is 14.2. The minimum atomic E-state index is -0.732. The molecule has 28 heavy (non-hydrogen) atoms. The highest BCUT2D eigenvalue weighted by atomic mass is 35.5. The first-order chi connectivity index (χ1) is 13.0. The fourth-order valence-corrected chi connectivity index (χ4v) is 3.66. The number of fused-ring (bicyclic) bond motifs is 1. The molecule has 5 nitrogen and oxygen atoms in total. The van der Waals surface area contributed by atoms with Gasteiger partial charge >= 0.3 is 6.09 Å². The number of anilines is 1. The van der Waals surface area contributed by atoms with Gasteiger partial charge in [-0.25, -0.2) is 18.6 Å². The molecule has 0 bridgehead atoms. The van der Waals surface area contributed by atoms with Crippen LogP contribution in [-0.4, -0.2) is 47.3 Å². The lowest BCUT2D eigenvalue weighted by molar-refractivity contribution is 0.0218. The van der Waals surface area contributed by atoms with Crippen molar-refractivity contribution in [3.63, 3.8) is 0 Å². The Bertz CT molecular complexity index is 930. The molecule has 1 amide bonds. The third-order valence-electron chi connectivity index (χ3n) is 4.70. The van der Waals surface area contributed by atoms with Gasteiger partial charge in [-0.1, -0.05) is 11.6 Å². The molecule has 152 valence electrons. The minimum absolute atomic E-state index is 0.0700. The van der Waals surface area contributed by atoms with Crippen molar-refractivity contribution in [2.24, 2.45) is 0 Å². The first kappa shape index (κ1) is 20.6. The van der Waals surface area contributed by atoms with Gasteiger partial charge in [0.1, 0.15) is 23.1 Å². The zero-order valence-electron chi connectivity index (χ0n) is 16.6. The van der Waals surface area contributed by atoms with Crippen LogP contribution in [0.5, 0.6) is 0 Å². The molecule has 8 heteroatoms. The van der Waals surface area contributed by atoms with Crippen LogP contribution in [0.1, 0.15) is 33.3 Å². The van der Waals surface area contributed by atoms with Gasteiger partial charge in [0.25, 0.3) is 0 Å². The third-order valence-corrected chi connectivity index (χ3v) is 5.17. The maximum Gasteiger partial charge on any atom is 0.410 e. The molecule has 1 saturated heterocycles. The van der Waals surface area contributed by atoms with Gasteiger partial charge in [0.05, 0.1) is 15.9 Å². The van der Waals surface area contributed by atoms with Crippen LogP contribution in [0.15, 0.2) is 12.1 Å². The topological polar surface area (TPSA) is 45.7 Å². The molecule has 1 aromatic heterocycles. The Labute approximate surface area is 168 Å². The normalized spacial score (nSPS) is 17.9. The summed E-state index contributed by atoms with van der Waals surface area (Å²) in [5.74, 6) is -0.866. The number of carbonyl (C=O) groups is 1. The number of carbonyl (C=O) groups excluding carboxylic acids is 1. The molecule has 0 radical (unpaired) electrons.